The Hall–Kier alpha value is -0.570. The summed E-state index contributed by atoms with van der Waals surface area (Å²) in [5, 5.41) is 0. The minimum absolute atomic E-state index is 0.353. The quantitative estimate of drug-likeness (QED) is 0.767. The highest BCUT2D eigenvalue weighted by Crippen LogP contribution is 2.38. The van der Waals surface area contributed by atoms with Crippen LogP contribution in [0.2, 0.25) is 0 Å². The molecule has 3 atom stereocenters. The summed E-state index contributed by atoms with van der Waals surface area (Å²) in [4.78, 5) is 14.2. The van der Waals surface area contributed by atoms with Gasteiger partial charge in [0, 0.05) is 25.6 Å². The van der Waals surface area contributed by atoms with Gasteiger partial charge in [-0.05, 0) is 43.4 Å². The number of carbonyl (C=O) groups excluding carboxylic acids is 1. The SMILES string of the molecule is NC1CCC2CN(C(=O)CC3CCC3)CC12. The molecule has 16 heavy (non-hydrogen) atoms. The topological polar surface area (TPSA) is 46.3 Å². The van der Waals surface area contributed by atoms with Crippen molar-refractivity contribution in [2.75, 3.05) is 13.1 Å². The van der Waals surface area contributed by atoms with Crippen LogP contribution in [0.1, 0.15) is 38.5 Å². The Morgan fingerprint density at radius 3 is 2.62 bits per heavy atom. The van der Waals surface area contributed by atoms with E-state index in [4.69, 9.17) is 5.73 Å². The zero-order valence-electron chi connectivity index (χ0n) is 9.90. The number of nitrogens with zero attached hydrogens (tertiary/aromatic N) is 1. The normalized spacial score (nSPS) is 38.6. The van der Waals surface area contributed by atoms with Crippen LogP contribution in [0.4, 0.5) is 0 Å². The van der Waals surface area contributed by atoms with Gasteiger partial charge in [-0.2, -0.15) is 0 Å². The van der Waals surface area contributed by atoms with E-state index in [9.17, 15) is 4.79 Å². The number of likely N-dealkylation sites (tertiary alicyclic amines) is 1. The maximum absolute atomic E-state index is 12.1. The Bertz CT molecular complexity index is 288. The first-order valence-electron chi connectivity index (χ1n) is 6.77. The smallest absolute Gasteiger partial charge is 0.222 e. The number of hydrogen-bond donors (Lipinski definition) is 1. The third kappa shape index (κ3) is 1.75. The molecule has 0 bridgehead atoms. The van der Waals surface area contributed by atoms with E-state index in [0.29, 0.717) is 29.7 Å². The molecule has 2 N–H and O–H groups in total. The summed E-state index contributed by atoms with van der Waals surface area (Å²) >= 11 is 0. The highest BCUT2D eigenvalue weighted by Gasteiger charge is 2.42. The van der Waals surface area contributed by atoms with Crippen LogP contribution in [0.5, 0.6) is 0 Å². The van der Waals surface area contributed by atoms with Gasteiger partial charge in [0.05, 0.1) is 0 Å². The van der Waals surface area contributed by atoms with Crippen molar-refractivity contribution in [1.82, 2.24) is 4.90 Å². The fraction of sp³-hybridized carbons (Fsp3) is 0.923. The third-order valence-corrected chi connectivity index (χ3v) is 4.95. The molecule has 3 fully saturated rings. The summed E-state index contributed by atoms with van der Waals surface area (Å²) < 4.78 is 0. The van der Waals surface area contributed by atoms with Crippen molar-refractivity contribution in [3.8, 4) is 0 Å². The summed E-state index contributed by atoms with van der Waals surface area (Å²) in [6, 6.07) is 0.353. The minimum atomic E-state index is 0.353. The van der Waals surface area contributed by atoms with Gasteiger partial charge in [-0.1, -0.05) is 6.42 Å². The summed E-state index contributed by atoms with van der Waals surface area (Å²) in [5.74, 6) is 2.40. The minimum Gasteiger partial charge on any atom is -0.342 e. The Kier molecular flexibility index (Phi) is 2.66. The number of carbonyl (C=O) groups is 1. The van der Waals surface area contributed by atoms with E-state index in [1.54, 1.807) is 0 Å². The van der Waals surface area contributed by atoms with Crippen molar-refractivity contribution in [3.05, 3.63) is 0 Å². The summed E-state index contributed by atoms with van der Waals surface area (Å²) in [6.07, 6.45) is 7.07. The highest BCUT2D eigenvalue weighted by atomic mass is 16.2. The second kappa shape index (κ2) is 4.02. The summed E-state index contributed by atoms with van der Waals surface area (Å²) in [6.45, 7) is 1.93. The third-order valence-electron chi connectivity index (χ3n) is 4.95. The fourth-order valence-corrected chi connectivity index (χ4v) is 3.58. The van der Waals surface area contributed by atoms with Gasteiger partial charge in [0.15, 0.2) is 0 Å². The van der Waals surface area contributed by atoms with Crippen LogP contribution in [0.3, 0.4) is 0 Å². The van der Waals surface area contributed by atoms with Crippen molar-refractivity contribution in [2.24, 2.45) is 23.5 Å². The molecule has 1 aliphatic heterocycles. The first-order chi connectivity index (χ1) is 7.74. The molecule has 1 heterocycles. The molecule has 3 unspecified atom stereocenters. The van der Waals surface area contributed by atoms with E-state index in [2.05, 4.69) is 4.90 Å². The molecular formula is C13H22N2O. The lowest BCUT2D eigenvalue weighted by Crippen LogP contribution is -2.35. The molecule has 2 saturated carbocycles. The van der Waals surface area contributed by atoms with Gasteiger partial charge in [0.1, 0.15) is 0 Å². The first-order valence-corrected chi connectivity index (χ1v) is 6.77. The van der Waals surface area contributed by atoms with Crippen LogP contribution >= 0.6 is 0 Å². The predicted molar refractivity (Wildman–Crippen MR) is 62.7 cm³/mol. The van der Waals surface area contributed by atoms with E-state index >= 15 is 0 Å². The fourth-order valence-electron chi connectivity index (χ4n) is 3.58. The van der Waals surface area contributed by atoms with Gasteiger partial charge in [0.25, 0.3) is 0 Å². The molecule has 3 nitrogen and oxygen atoms in total. The Labute approximate surface area is 97.4 Å². The maximum atomic E-state index is 12.1. The van der Waals surface area contributed by atoms with Gasteiger partial charge in [-0.3, -0.25) is 4.79 Å². The second-order valence-corrected chi connectivity index (χ2v) is 5.96. The van der Waals surface area contributed by atoms with Gasteiger partial charge >= 0.3 is 0 Å². The van der Waals surface area contributed by atoms with Crippen LogP contribution in [0, 0.1) is 17.8 Å². The molecule has 3 heteroatoms. The molecule has 0 aromatic rings. The molecule has 3 aliphatic rings. The van der Waals surface area contributed by atoms with Crippen molar-refractivity contribution in [1.29, 1.82) is 0 Å². The highest BCUT2D eigenvalue weighted by molar-refractivity contribution is 5.77. The van der Waals surface area contributed by atoms with Crippen molar-refractivity contribution >= 4 is 5.91 Å². The van der Waals surface area contributed by atoms with Crippen LogP contribution in [-0.2, 0) is 4.79 Å². The molecule has 0 spiro atoms. The average molecular weight is 222 g/mol. The molecule has 3 rings (SSSR count). The van der Waals surface area contributed by atoms with Gasteiger partial charge in [-0.15, -0.1) is 0 Å². The lowest BCUT2D eigenvalue weighted by molar-refractivity contribution is -0.132. The number of nitrogens with two attached hydrogens (primary N) is 1. The number of fused-ring (bicyclic) bond motifs is 1. The molecular weight excluding hydrogens is 200 g/mol. The van der Waals surface area contributed by atoms with Crippen molar-refractivity contribution < 1.29 is 4.79 Å². The lowest BCUT2D eigenvalue weighted by atomic mass is 9.83. The number of hydrogen-bond acceptors (Lipinski definition) is 2. The predicted octanol–water partition coefficient (Wildman–Crippen LogP) is 1.37. The molecule has 90 valence electrons. The summed E-state index contributed by atoms with van der Waals surface area (Å²) in [7, 11) is 0. The maximum Gasteiger partial charge on any atom is 0.222 e. The molecule has 1 amide bonds. The van der Waals surface area contributed by atoms with Crippen molar-refractivity contribution in [2.45, 2.75) is 44.6 Å². The largest absolute Gasteiger partial charge is 0.342 e. The summed E-state index contributed by atoms with van der Waals surface area (Å²) in [5.41, 5.74) is 6.08. The second-order valence-electron chi connectivity index (χ2n) is 5.96. The van der Waals surface area contributed by atoms with E-state index in [1.807, 2.05) is 0 Å². The van der Waals surface area contributed by atoms with E-state index in [1.165, 1.54) is 32.1 Å². The monoisotopic (exact) mass is 222 g/mol. The molecule has 0 aromatic carbocycles. The average Bonchev–Trinajstić information content (AvgIpc) is 2.75. The first kappa shape index (κ1) is 10.6. The van der Waals surface area contributed by atoms with E-state index < -0.39 is 0 Å². The van der Waals surface area contributed by atoms with Crippen molar-refractivity contribution in [3.63, 3.8) is 0 Å². The van der Waals surface area contributed by atoms with Gasteiger partial charge in [-0.25, -0.2) is 0 Å². The molecule has 0 radical (unpaired) electrons. The van der Waals surface area contributed by atoms with E-state index in [0.717, 1.165) is 19.5 Å². The number of rotatable bonds is 2. The van der Waals surface area contributed by atoms with Gasteiger partial charge < -0.3 is 10.6 Å². The van der Waals surface area contributed by atoms with Crippen LogP contribution < -0.4 is 5.73 Å². The zero-order chi connectivity index (χ0) is 11.1. The standard InChI is InChI=1S/C13H22N2O/c14-12-5-4-10-7-15(8-11(10)12)13(16)6-9-2-1-3-9/h9-12H,1-8,14H2. The van der Waals surface area contributed by atoms with E-state index in [-0.39, 0.29) is 0 Å². The van der Waals surface area contributed by atoms with Crippen LogP contribution in [0.25, 0.3) is 0 Å². The molecule has 1 saturated heterocycles. The van der Waals surface area contributed by atoms with Gasteiger partial charge in [0.2, 0.25) is 5.91 Å². The Morgan fingerprint density at radius 1 is 1.19 bits per heavy atom. The lowest BCUT2D eigenvalue weighted by Gasteiger charge is -2.27. The Morgan fingerprint density at radius 2 is 2.00 bits per heavy atom. The molecule has 0 aromatic heterocycles. The Balaban J connectivity index is 1.54. The molecule has 2 aliphatic carbocycles. The van der Waals surface area contributed by atoms with Crippen LogP contribution in [-0.4, -0.2) is 29.9 Å². The number of amides is 1. The zero-order valence-corrected chi connectivity index (χ0v) is 9.90. The van der Waals surface area contributed by atoms with Crippen LogP contribution in [0.15, 0.2) is 0 Å².